The van der Waals surface area contributed by atoms with Crippen LogP contribution in [0.5, 0.6) is 0 Å². The monoisotopic (exact) mass is 462 g/mol. The molecule has 1 N–H and O–H groups in total. The molecule has 1 unspecified atom stereocenters. The first-order chi connectivity index (χ1) is 15.5. The van der Waals surface area contributed by atoms with Crippen LogP contribution in [0.4, 0.5) is 10.1 Å². The summed E-state index contributed by atoms with van der Waals surface area (Å²) in [5, 5.41) is 10.0. The van der Waals surface area contributed by atoms with Gasteiger partial charge in [-0.3, -0.25) is 4.90 Å². The summed E-state index contributed by atoms with van der Waals surface area (Å²) in [4.78, 5) is 7.53. The van der Waals surface area contributed by atoms with Crippen LogP contribution in [0.15, 0.2) is 76.3 Å². The standard InChI is InChI=1S/C24H19FN4OS2/c1-14-6-3-9-18(12-14)29-15(2)20(23-27-22(28-30-23)19-10-5-11-32-19)21(26-24(29)31)16-7-4-8-17(25)13-16/h3-13,21H,1-2H3,(H,26,31). The van der Waals surface area contributed by atoms with Crippen molar-refractivity contribution in [2.45, 2.75) is 19.9 Å². The maximum atomic E-state index is 14.1. The minimum Gasteiger partial charge on any atom is -0.351 e. The molecule has 5 rings (SSSR count). The van der Waals surface area contributed by atoms with Crippen LogP contribution in [0.1, 0.15) is 30.0 Å². The first-order valence-corrected chi connectivity index (χ1v) is 11.3. The molecule has 0 saturated carbocycles. The Balaban J connectivity index is 1.68. The number of benzene rings is 2. The van der Waals surface area contributed by atoms with Crippen molar-refractivity contribution in [2.75, 3.05) is 4.90 Å². The average Bonchev–Trinajstić information content (AvgIpc) is 3.45. The van der Waals surface area contributed by atoms with Gasteiger partial charge in [0.25, 0.3) is 5.89 Å². The lowest BCUT2D eigenvalue weighted by Crippen LogP contribution is -2.46. The molecule has 1 atom stereocenters. The largest absolute Gasteiger partial charge is 0.351 e. The van der Waals surface area contributed by atoms with E-state index in [1.165, 1.54) is 23.5 Å². The van der Waals surface area contributed by atoms with Crippen LogP contribution in [0, 0.1) is 12.7 Å². The van der Waals surface area contributed by atoms with Crippen molar-refractivity contribution < 1.29 is 8.91 Å². The van der Waals surface area contributed by atoms with Crippen LogP contribution in [-0.4, -0.2) is 15.3 Å². The Labute approximate surface area is 194 Å². The lowest BCUT2D eigenvalue weighted by molar-refractivity contribution is 0.404. The maximum Gasteiger partial charge on any atom is 0.258 e. The Morgan fingerprint density at radius 3 is 2.69 bits per heavy atom. The second-order valence-corrected chi connectivity index (χ2v) is 8.85. The summed E-state index contributed by atoms with van der Waals surface area (Å²) in [6, 6.07) is 18.0. The van der Waals surface area contributed by atoms with Gasteiger partial charge < -0.3 is 9.84 Å². The molecule has 0 amide bonds. The molecule has 0 saturated heterocycles. The summed E-state index contributed by atoms with van der Waals surface area (Å²) in [6.45, 7) is 4.00. The van der Waals surface area contributed by atoms with Gasteiger partial charge in [-0.1, -0.05) is 35.5 Å². The van der Waals surface area contributed by atoms with Gasteiger partial charge in [-0.05, 0) is 72.9 Å². The van der Waals surface area contributed by atoms with Crippen molar-refractivity contribution in [3.05, 3.63) is 94.6 Å². The highest BCUT2D eigenvalue weighted by Crippen LogP contribution is 2.39. The quantitative estimate of drug-likeness (QED) is 0.369. The molecule has 4 aromatic rings. The van der Waals surface area contributed by atoms with Crippen LogP contribution in [-0.2, 0) is 0 Å². The first kappa shape index (κ1) is 20.5. The zero-order chi connectivity index (χ0) is 22.2. The summed E-state index contributed by atoms with van der Waals surface area (Å²) < 4.78 is 19.8. The minimum atomic E-state index is -0.434. The second-order valence-electron chi connectivity index (χ2n) is 7.51. The zero-order valence-corrected chi connectivity index (χ0v) is 19.0. The number of allylic oxidation sites excluding steroid dienone is 1. The van der Waals surface area contributed by atoms with E-state index in [4.69, 9.17) is 16.7 Å². The van der Waals surface area contributed by atoms with Crippen molar-refractivity contribution in [1.82, 2.24) is 15.5 Å². The molecule has 5 nitrogen and oxygen atoms in total. The minimum absolute atomic E-state index is 0.321. The third-order valence-corrected chi connectivity index (χ3v) is 6.49. The number of nitrogens with zero attached hydrogens (tertiary/aromatic N) is 3. The van der Waals surface area contributed by atoms with E-state index in [1.807, 2.05) is 60.5 Å². The summed E-state index contributed by atoms with van der Waals surface area (Å²) in [5.41, 5.74) is 4.36. The topological polar surface area (TPSA) is 54.2 Å². The SMILES string of the molecule is CC1=C(c2nc(-c3cccs3)no2)C(c2cccc(F)c2)NC(=S)N1c1cccc(C)c1. The van der Waals surface area contributed by atoms with E-state index in [9.17, 15) is 4.39 Å². The Kier molecular flexibility index (Phi) is 5.32. The molecule has 32 heavy (non-hydrogen) atoms. The van der Waals surface area contributed by atoms with E-state index in [2.05, 4.69) is 21.5 Å². The summed E-state index contributed by atoms with van der Waals surface area (Å²) in [5.74, 6) is 0.564. The number of halogens is 1. The molecule has 0 aliphatic carbocycles. The fraction of sp³-hybridized carbons (Fsp3) is 0.125. The van der Waals surface area contributed by atoms with Gasteiger partial charge >= 0.3 is 0 Å². The Morgan fingerprint density at radius 1 is 1.09 bits per heavy atom. The number of aryl methyl sites for hydroxylation is 1. The number of thiophene rings is 1. The van der Waals surface area contributed by atoms with Crippen LogP contribution in [0.2, 0.25) is 0 Å². The molecule has 0 spiro atoms. The molecular weight excluding hydrogens is 443 g/mol. The number of anilines is 1. The van der Waals surface area contributed by atoms with Gasteiger partial charge in [0.05, 0.1) is 16.5 Å². The van der Waals surface area contributed by atoms with Gasteiger partial charge in [0.15, 0.2) is 5.11 Å². The van der Waals surface area contributed by atoms with Crippen LogP contribution < -0.4 is 10.2 Å². The number of hydrogen-bond donors (Lipinski definition) is 1. The third kappa shape index (κ3) is 3.72. The van der Waals surface area contributed by atoms with E-state index >= 15 is 0 Å². The predicted molar refractivity (Wildman–Crippen MR) is 129 cm³/mol. The van der Waals surface area contributed by atoms with Gasteiger partial charge in [-0.2, -0.15) is 4.98 Å². The van der Waals surface area contributed by atoms with Crippen molar-refractivity contribution in [3.8, 4) is 10.7 Å². The molecule has 1 aliphatic heterocycles. The van der Waals surface area contributed by atoms with Gasteiger partial charge in [0, 0.05) is 11.4 Å². The molecule has 0 bridgehead atoms. The highest BCUT2D eigenvalue weighted by molar-refractivity contribution is 7.80. The number of thiocarbonyl (C=S) groups is 1. The normalized spacial score (nSPS) is 16.4. The molecule has 3 heterocycles. The Morgan fingerprint density at radius 2 is 1.94 bits per heavy atom. The highest BCUT2D eigenvalue weighted by Gasteiger charge is 2.35. The molecule has 2 aromatic heterocycles. The predicted octanol–water partition coefficient (Wildman–Crippen LogP) is 6.11. The number of hydrogen-bond acceptors (Lipinski definition) is 5. The van der Waals surface area contributed by atoms with E-state index in [1.54, 1.807) is 6.07 Å². The molecule has 0 fully saturated rings. The van der Waals surface area contributed by atoms with E-state index in [0.29, 0.717) is 16.8 Å². The maximum absolute atomic E-state index is 14.1. The van der Waals surface area contributed by atoms with Crippen LogP contribution >= 0.6 is 23.6 Å². The van der Waals surface area contributed by atoms with Gasteiger partial charge in [0.2, 0.25) is 5.82 Å². The first-order valence-electron chi connectivity index (χ1n) is 10.0. The second kappa shape index (κ2) is 8.29. The molecule has 160 valence electrons. The van der Waals surface area contributed by atoms with Gasteiger partial charge in [-0.25, -0.2) is 4.39 Å². The van der Waals surface area contributed by atoms with Crippen molar-refractivity contribution in [1.29, 1.82) is 0 Å². The molecule has 2 aromatic carbocycles. The lowest BCUT2D eigenvalue weighted by atomic mass is 9.94. The highest BCUT2D eigenvalue weighted by atomic mass is 32.1. The average molecular weight is 463 g/mol. The Hall–Kier alpha value is -3.36. The number of aromatic nitrogens is 2. The smallest absolute Gasteiger partial charge is 0.258 e. The van der Waals surface area contributed by atoms with E-state index in [-0.39, 0.29) is 5.82 Å². The molecule has 0 radical (unpaired) electrons. The van der Waals surface area contributed by atoms with Crippen LogP contribution in [0.25, 0.3) is 16.3 Å². The zero-order valence-electron chi connectivity index (χ0n) is 17.4. The van der Waals surface area contributed by atoms with E-state index < -0.39 is 6.04 Å². The molecule has 8 heteroatoms. The van der Waals surface area contributed by atoms with E-state index in [0.717, 1.165) is 33.0 Å². The fourth-order valence-electron chi connectivity index (χ4n) is 3.87. The Bertz CT molecular complexity index is 1330. The van der Waals surface area contributed by atoms with Gasteiger partial charge in [0.1, 0.15) is 5.82 Å². The van der Waals surface area contributed by atoms with Crippen molar-refractivity contribution in [2.24, 2.45) is 0 Å². The van der Waals surface area contributed by atoms with Crippen LogP contribution in [0.3, 0.4) is 0 Å². The number of nitrogens with one attached hydrogen (secondary N) is 1. The third-order valence-electron chi connectivity index (χ3n) is 5.32. The van der Waals surface area contributed by atoms with Crippen molar-refractivity contribution in [3.63, 3.8) is 0 Å². The van der Waals surface area contributed by atoms with Crippen molar-refractivity contribution >= 4 is 39.9 Å². The summed E-state index contributed by atoms with van der Waals surface area (Å²) >= 11 is 7.27. The lowest BCUT2D eigenvalue weighted by Gasteiger charge is -2.37. The molecule has 1 aliphatic rings. The fourth-order valence-corrected chi connectivity index (χ4v) is 4.88. The summed E-state index contributed by atoms with van der Waals surface area (Å²) in [7, 11) is 0. The number of rotatable bonds is 4. The van der Waals surface area contributed by atoms with Gasteiger partial charge in [-0.15, -0.1) is 11.3 Å². The summed E-state index contributed by atoms with van der Waals surface area (Å²) in [6.07, 6.45) is 0. The molecular formula is C24H19FN4OS2.